The molecule has 3 nitrogen and oxygen atoms in total. The van der Waals surface area contributed by atoms with E-state index in [4.69, 9.17) is 4.74 Å². The second-order valence-electron chi connectivity index (χ2n) is 6.72. The Morgan fingerprint density at radius 1 is 1.20 bits per heavy atom. The predicted molar refractivity (Wildman–Crippen MR) is 103 cm³/mol. The molecule has 128 valence electrons. The van der Waals surface area contributed by atoms with Crippen molar-refractivity contribution in [2.45, 2.75) is 25.3 Å². The van der Waals surface area contributed by atoms with E-state index in [1.165, 1.54) is 5.56 Å². The number of ether oxygens (including phenoxy) is 1. The number of rotatable bonds is 3. The number of carbonyl (C=O) groups excluding carboxylic acids is 1. The summed E-state index contributed by atoms with van der Waals surface area (Å²) in [4.78, 5) is 11.8. The SMILES string of the molecule is COc1ccc(Br)cc1[C@H]1Nc2ccc(C(C)=O)cc2C2C=CCC21. The van der Waals surface area contributed by atoms with Crippen molar-refractivity contribution in [2.75, 3.05) is 12.4 Å². The lowest BCUT2D eigenvalue weighted by molar-refractivity contribution is 0.101. The molecule has 1 aliphatic carbocycles. The second-order valence-corrected chi connectivity index (χ2v) is 7.64. The van der Waals surface area contributed by atoms with E-state index < -0.39 is 0 Å². The van der Waals surface area contributed by atoms with Crippen LogP contribution in [0.5, 0.6) is 5.75 Å². The predicted octanol–water partition coefficient (Wildman–Crippen LogP) is 5.49. The average Bonchev–Trinajstić information content (AvgIpc) is 3.10. The van der Waals surface area contributed by atoms with Crippen LogP contribution < -0.4 is 10.1 Å². The monoisotopic (exact) mass is 397 g/mol. The number of anilines is 1. The van der Waals surface area contributed by atoms with Crippen LogP contribution in [0.3, 0.4) is 0 Å². The molecular weight excluding hydrogens is 378 g/mol. The van der Waals surface area contributed by atoms with Crippen molar-refractivity contribution in [1.29, 1.82) is 0 Å². The highest BCUT2D eigenvalue weighted by atomic mass is 79.9. The van der Waals surface area contributed by atoms with Crippen LogP contribution in [0.15, 0.2) is 53.0 Å². The second kappa shape index (κ2) is 6.34. The molecule has 4 heteroatoms. The molecule has 1 heterocycles. The molecule has 2 aromatic rings. The van der Waals surface area contributed by atoms with E-state index in [0.717, 1.165) is 33.5 Å². The standard InChI is InChI=1S/C21H20BrNO2/c1-12(24)13-6-8-19-17(10-13)15-4-3-5-16(15)21(23-19)18-11-14(22)7-9-20(18)25-2/h3-4,6-11,15-16,21,23H,5H2,1-2H3/t15?,16?,21-/m0/s1. The molecule has 0 spiro atoms. The van der Waals surface area contributed by atoms with Gasteiger partial charge < -0.3 is 10.1 Å². The number of hydrogen-bond acceptors (Lipinski definition) is 3. The van der Waals surface area contributed by atoms with Crippen molar-refractivity contribution >= 4 is 27.4 Å². The lowest BCUT2D eigenvalue weighted by Crippen LogP contribution is -2.29. The van der Waals surface area contributed by atoms with Gasteiger partial charge in [0.2, 0.25) is 0 Å². The quantitative estimate of drug-likeness (QED) is 0.549. The molecule has 25 heavy (non-hydrogen) atoms. The van der Waals surface area contributed by atoms with Gasteiger partial charge in [0, 0.05) is 27.2 Å². The fourth-order valence-corrected chi connectivity index (χ4v) is 4.45. The molecule has 2 unspecified atom stereocenters. The maximum Gasteiger partial charge on any atom is 0.159 e. The van der Waals surface area contributed by atoms with Crippen LogP contribution in [0.1, 0.15) is 46.8 Å². The lowest BCUT2D eigenvalue weighted by Gasteiger charge is -2.38. The smallest absolute Gasteiger partial charge is 0.159 e. The van der Waals surface area contributed by atoms with Gasteiger partial charge in [-0.2, -0.15) is 0 Å². The minimum Gasteiger partial charge on any atom is -0.496 e. The summed E-state index contributed by atoms with van der Waals surface area (Å²) >= 11 is 3.59. The summed E-state index contributed by atoms with van der Waals surface area (Å²) in [5.41, 5.74) is 4.26. The first-order chi connectivity index (χ1) is 12.1. The van der Waals surface area contributed by atoms with Gasteiger partial charge in [-0.25, -0.2) is 0 Å². The number of fused-ring (bicyclic) bond motifs is 3. The first kappa shape index (κ1) is 16.4. The van der Waals surface area contributed by atoms with Crippen LogP contribution in [0.2, 0.25) is 0 Å². The van der Waals surface area contributed by atoms with E-state index in [1.54, 1.807) is 14.0 Å². The van der Waals surface area contributed by atoms with E-state index in [2.05, 4.69) is 39.5 Å². The maximum atomic E-state index is 11.8. The van der Waals surface area contributed by atoms with Crippen molar-refractivity contribution in [1.82, 2.24) is 0 Å². The molecule has 0 fully saturated rings. The molecular formula is C21H20BrNO2. The van der Waals surface area contributed by atoms with Gasteiger partial charge in [0.25, 0.3) is 0 Å². The van der Waals surface area contributed by atoms with Gasteiger partial charge in [0.15, 0.2) is 5.78 Å². The zero-order valence-electron chi connectivity index (χ0n) is 14.3. The van der Waals surface area contributed by atoms with Crippen molar-refractivity contribution in [3.8, 4) is 5.75 Å². The van der Waals surface area contributed by atoms with Crippen LogP contribution in [-0.2, 0) is 0 Å². The molecule has 0 bridgehead atoms. The Hall–Kier alpha value is -2.07. The zero-order chi connectivity index (χ0) is 17.6. The van der Waals surface area contributed by atoms with Gasteiger partial charge in [-0.3, -0.25) is 4.79 Å². The molecule has 0 saturated heterocycles. The number of methoxy groups -OCH3 is 1. The summed E-state index contributed by atoms with van der Waals surface area (Å²) in [6.07, 6.45) is 5.55. The average molecular weight is 398 g/mol. The summed E-state index contributed by atoms with van der Waals surface area (Å²) in [6, 6.07) is 12.3. The number of halogens is 1. The van der Waals surface area contributed by atoms with Crippen LogP contribution in [0.25, 0.3) is 0 Å². The van der Waals surface area contributed by atoms with Crippen molar-refractivity contribution in [3.05, 3.63) is 69.7 Å². The third-order valence-electron chi connectivity index (χ3n) is 5.30. The number of allylic oxidation sites excluding steroid dienone is 2. The highest BCUT2D eigenvalue weighted by molar-refractivity contribution is 9.10. The van der Waals surface area contributed by atoms with Gasteiger partial charge in [0.05, 0.1) is 13.2 Å². The zero-order valence-corrected chi connectivity index (χ0v) is 15.8. The Balaban J connectivity index is 1.81. The Bertz CT molecular complexity index is 874. The van der Waals surface area contributed by atoms with Gasteiger partial charge >= 0.3 is 0 Å². The lowest BCUT2D eigenvalue weighted by atomic mass is 9.76. The highest BCUT2D eigenvalue weighted by Gasteiger charge is 2.39. The van der Waals surface area contributed by atoms with E-state index in [-0.39, 0.29) is 11.8 Å². The van der Waals surface area contributed by atoms with E-state index in [0.29, 0.717) is 11.8 Å². The van der Waals surface area contributed by atoms with Crippen molar-refractivity contribution < 1.29 is 9.53 Å². The fourth-order valence-electron chi connectivity index (χ4n) is 4.07. The molecule has 0 aromatic heterocycles. The third kappa shape index (κ3) is 2.78. The molecule has 2 aliphatic rings. The topological polar surface area (TPSA) is 38.3 Å². The summed E-state index contributed by atoms with van der Waals surface area (Å²) in [7, 11) is 1.72. The summed E-state index contributed by atoms with van der Waals surface area (Å²) in [5, 5.41) is 3.70. The first-order valence-electron chi connectivity index (χ1n) is 8.50. The van der Waals surface area contributed by atoms with Crippen LogP contribution in [-0.4, -0.2) is 12.9 Å². The molecule has 2 aromatic carbocycles. The van der Waals surface area contributed by atoms with Gasteiger partial charge in [-0.1, -0.05) is 28.1 Å². The molecule has 0 amide bonds. The normalized spacial score (nSPS) is 23.6. The van der Waals surface area contributed by atoms with E-state index >= 15 is 0 Å². The largest absolute Gasteiger partial charge is 0.496 e. The Labute approximate surface area is 156 Å². The van der Waals surface area contributed by atoms with Gasteiger partial charge in [0.1, 0.15) is 5.75 Å². The molecule has 1 aliphatic heterocycles. The number of ketones is 1. The van der Waals surface area contributed by atoms with Crippen LogP contribution in [0, 0.1) is 5.92 Å². The molecule has 0 radical (unpaired) electrons. The molecule has 4 rings (SSSR count). The summed E-state index contributed by atoms with van der Waals surface area (Å²) < 4.78 is 6.66. The van der Waals surface area contributed by atoms with E-state index in [9.17, 15) is 4.79 Å². The molecule has 0 saturated carbocycles. The number of nitrogens with one attached hydrogen (secondary N) is 1. The molecule has 1 N–H and O–H groups in total. The maximum absolute atomic E-state index is 11.8. The van der Waals surface area contributed by atoms with Crippen molar-refractivity contribution in [2.24, 2.45) is 5.92 Å². The van der Waals surface area contributed by atoms with Crippen LogP contribution in [0.4, 0.5) is 5.69 Å². The summed E-state index contributed by atoms with van der Waals surface area (Å²) in [6.45, 7) is 1.62. The Morgan fingerprint density at radius 2 is 2.04 bits per heavy atom. The minimum atomic E-state index is 0.108. The Morgan fingerprint density at radius 3 is 2.80 bits per heavy atom. The number of Topliss-reactive ketones (excluding diaryl/α,β-unsaturated/α-hetero) is 1. The van der Waals surface area contributed by atoms with E-state index in [1.807, 2.05) is 30.3 Å². The minimum absolute atomic E-state index is 0.108. The van der Waals surface area contributed by atoms with Gasteiger partial charge in [-0.05, 0) is 61.2 Å². The first-order valence-corrected chi connectivity index (χ1v) is 9.29. The number of hydrogen-bond donors (Lipinski definition) is 1. The van der Waals surface area contributed by atoms with Crippen LogP contribution >= 0.6 is 15.9 Å². The highest BCUT2D eigenvalue weighted by Crippen LogP contribution is 2.51. The molecule has 3 atom stereocenters. The Kier molecular flexibility index (Phi) is 4.16. The summed E-state index contributed by atoms with van der Waals surface area (Å²) in [5.74, 6) is 1.74. The third-order valence-corrected chi connectivity index (χ3v) is 5.79. The van der Waals surface area contributed by atoms with Crippen molar-refractivity contribution in [3.63, 3.8) is 0 Å². The number of benzene rings is 2. The van der Waals surface area contributed by atoms with Gasteiger partial charge in [-0.15, -0.1) is 0 Å². The fraction of sp³-hybridized carbons (Fsp3) is 0.286. The number of carbonyl (C=O) groups is 1.